The number of phosphoric ester groups is 1. The minimum Gasteiger partial charge on any atom is -0.756 e. The standard InChI is InChI=1S/C46H84NO8P/c1-6-8-10-12-14-16-18-20-22-23-25-27-29-31-33-35-37-39-46(49)55-44(43-54-56(50,51)53-41-40-47(3,4)5)42-52-45(48)38-36-34-32-30-28-26-24-21-19-17-15-13-11-9-7-2/h14-17,20-22,24,44H,6-13,18-19,23,25-43H2,1-5H3/b16-14+,17-15+,22-20+,24-21+/t44-/m1/s1. The highest BCUT2D eigenvalue weighted by molar-refractivity contribution is 7.45. The molecule has 56 heavy (non-hydrogen) atoms. The van der Waals surface area contributed by atoms with E-state index in [1.165, 1.54) is 70.6 Å². The lowest BCUT2D eigenvalue weighted by Gasteiger charge is -2.28. The zero-order valence-electron chi connectivity index (χ0n) is 36.6. The van der Waals surface area contributed by atoms with Crippen LogP contribution in [0.1, 0.15) is 181 Å². The van der Waals surface area contributed by atoms with Crippen LogP contribution in [-0.4, -0.2) is 70.0 Å². The number of ether oxygens (including phenoxy) is 2. The van der Waals surface area contributed by atoms with Gasteiger partial charge in [0.25, 0.3) is 7.82 Å². The first-order valence-corrected chi connectivity index (χ1v) is 23.8. The third-order valence-electron chi connectivity index (χ3n) is 9.32. The average molecular weight is 810 g/mol. The molecule has 0 aliphatic heterocycles. The maximum Gasteiger partial charge on any atom is 0.306 e. The van der Waals surface area contributed by atoms with Gasteiger partial charge in [0.1, 0.15) is 19.8 Å². The van der Waals surface area contributed by atoms with Gasteiger partial charge < -0.3 is 27.9 Å². The van der Waals surface area contributed by atoms with E-state index in [0.717, 1.165) is 70.6 Å². The molecule has 0 aromatic carbocycles. The second-order valence-electron chi connectivity index (χ2n) is 16.1. The van der Waals surface area contributed by atoms with Gasteiger partial charge in [-0.1, -0.05) is 140 Å². The van der Waals surface area contributed by atoms with Gasteiger partial charge >= 0.3 is 11.9 Å². The van der Waals surface area contributed by atoms with Gasteiger partial charge in [-0.25, -0.2) is 0 Å². The van der Waals surface area contributed by atoms with E-state index in [-0.39, 0.29) is 26.1 Å². The van der Waals surface area contributed by atoms with Crippen LogP contribution in [0, 0.1) is 0 Å². The van der Waals surface area contributed by atoms with E-state index in [4.69, 9.17) is 18.5 Å². The van der Waals surface area contributed by atoms with E-state index in [0.29, 0.717) is 23.9 Å². The van der Waals surface area contributed by atoms with Crippen molar-refractivity contribution in [3.63, 3.8) is 0 Å². The lowest BCUT2D eigenvalue weighted by molar-refractivity contribution is -0.870. The van der Waals surface area contributed by atoms with E-state index in [9.17, 15) is 19.0 Å². The molecule has 0 bridgehead atoms. The van der Waals surface area contributed by atoms with Crippen molar-refractivity contribution in [1.82, 2.24) is 0 Å². The summed E-state index contributed by atoms with van der Waals surface area (Å²) in [6.07, 6.45) is 44.1. The molecule has 0 N–H and O–H groups in total. The highest BCUT2D eigenvalue weighted by Crippen LogP contribution is 2.38. The molecule has 0 aromatic rings. The molecule has 0 saturated heterocycles. The summed E-state index contributed by atoms with van der Waals surface area (Å²) in [7, 11) is 1.15. The summed E-state index contributed by atoms with van der Waals surface area (Å²) in [5.74, 6) is -0.861. The Morgan fingerprint density at radius 2 is 0.964 bits per heavy atom. The summed E-state index contributed by atoms with van der Waals surface area (Å²) in [5, 5.41) is 0. The van der Waals surface area contributed by atoms with Crippen LogP contribution in [0.2, 0.25) is 0 Å². The van der Waals surface area contributed by atoms with E-state index in [1.807, 2.05) is 21.1 Å². The van der Waals surface area contributed by atoms with Gasteiger partial charge in [-0.05, 0) is 77.0 Å². The zero-order chi connectivity index (χ0) is 41.4. The zero-order valence-corrected chi connectivity index (χ0v) is 37.5. The van der Waals surface area contributed by atoms with E-state index >= 15 is 0 Å². The molecule has 326 valence electrons. The predicted molar refractivity (Wildman–Crippen MR) is 231 cm³/mol. The summed E-state index contributed by atoms with van der Waals surface area (Å²) in [6, 6.07) is 0. The molecule has 0 aliphatic rings. The van der Waals surface area contributed by atoms with Gasteiger partial charge in [0.05, 0.1) is 27.7 Å². The Labute approximate surface area is 343 Å². The van der Waals surface area contributed by atoms with Gasteiger partial charge in [-0.15, -0.1) is 0 Å². The molecule has 9 nitrogen and oxygen atoms in total. The summed E-state index contributed by atoms with van der Waals surface area (Å²) in [4.78, 5) is 37.5. The fraction of sp³-hybridized carbons (Fsp3) is 0.783. The lowest BCUT2D eigenvalue weighted by atomic mass is 10.1. The van der Waals surface area contributed by atoms with E-state index in [2.05, 4.69) is 62.5 Å². The molecule has 1 unspecified atom stereocenters. The Balaban J connectivity index is 4.39. The molecule has 0 spiro atoms. The number of nitrogens with zero attached hydrogens (tertiary/aromatic N) is 1. The number of esters is 2. The first kappa shape index (κ1) is 54.0. The number of hydrogen-bond acceptors (Lipinski definition) is 8. The number of carbonyl (C=O) groups excluding carboxylic acids is 2. The first-order valence-electron chi connectivity index (χ1n) is 22.3. The number of phosphoric acid groups is 1. The number of rotatable bonds is 40. The number of allylic oxidation sites excluding steroid dienone is 8. The maximum absolute atomic E-state index is 12.7. The third-order valence-corrected chi connectivity index (χ3v) is 10.3. The van der Waals surface area contributed by atoms with Crippen LogP contribution in [0.3, 0.4) is 0 Å². The van der Waals surface area contributed by atoms with Gasteiger partial charge in [0.15, 0.2) is 6.10 Å². The summed E-state index contributed by atoms with van der Waals surface area (Å²) < 4.78 is 33.9. The molecule has 0 aromatic heterocycles. The molecule has 0 saturated carbocycles. The number of unbranched alkanes of at least 4 members (excludes halogenated alkanes) is 18. The SMILES string of the molecule is CCCCC/C=C/C/C=C/CCCCCCCCCC(=O)O[C@H](COC(=O)CCCCCCC/C=C/C/C=C/CCCCC)COP(=O)([O-])OCC[N+](C)(C)C. The molecule has 0 rings (SSSR count). The maximum atomic E-state index is 12.7. The van der Waals surface area contributed by atoms with Gasteiger partial charge in [-0.3, -0.25) is 14.2 Å². The molecule has 0 fully saturated rings. The number of quaternary nitrogens is 1. The monoisotopic (exact) mass is 810 g/mol. The largest absolute Gasteiger partial charge is 0.756 e. The van der Waals surface area contributed by atoms with Crippen molar-refractivity contribution in [3.8, 4) is 0 Å². The third kappa shape index (κ3) is 41.6. The minimum atomic E-state index is -4.63. The normalized spacial score (nSPS) is 14.0. The van der Waals surface area contributed by atoms with Crippen molar-refractivity contribution in [2.75, 3.05) is 47.5 Å². The molecule has 0 aliphatic carbocycles. The van der Waals surface area contributed by atoms with Gasteiger partial charge in [0.2, 0.25) is 0 Å². The first-order chi connectivity index (χ1) is 27.0. The van der Waals surface area contributed by atoms with Gasteiger partial charge in [-0.2, -0.15) is 0 Å². The van der Waals surface area contributed by atoms with E-state index in [1.54, 1.807) is 0 Å². The fourth-order valence-electron chi connectivity index (χ4n) is 5.77. The van der Waals surface area contributed by atoms with Crippen molar-refractivity contribution in [2.45, 2.75) is 187 Å². The molecular formula is C46H84NO8P. The molecule has 0 heterocycles. The molecule has 2 atom stereocenters. The average Bonchev–Trinajstić information content (AvgIpc) is 3.15. The Hall–Kier alpha value is -2.03. The van der Waals surface area contributed by atoms with Crippen molar-refractivity contribution in [1.29, 1.82) is 0 Å². The summed E-state index contributed by atoms with van der Waals surface area (Å²) in [6.45, 7) is 4.14. The predicted octanol–water partition coefficient (Wildman–Crippen LogP) is 12.1. The highest BCUT2D eigenvalue weighted by Gasteiger charge is 2.21. The van der Waals surface area contributed by atoms with Crippen LogP contribution < -0.4 is 4.89 Å². The number of hydrogen-bond donors (Lipinski definition) is 0. The van der Waals surface area contributed by atoms with E-state index < -0.39 is 32.5 Å². The topological polar surface area (TPSA) is 111 Å². The van der Waals surface area contributed by atoms with Crippen LogP contribution in [0.5, 0.6) is 0 Å². The summed E-state index contributed by atoms with van der Waals surface area (Å²) >= 11 is 0. The second kappa shape index (κ2) is 38.5. The Kier molecular flexibility index (Phi) is 37.1. The van der Waals surface area contributed by atoms with Crippen molar-refractivity contribution in [3.05, 3.63) is 48.6 Å². The van der Waals surface area contributed by atoms with Crippen LogP contribution >= 0.6 is 7.82 Å². The Bertz CT molecular complexity index is 1100. The van der Waals surface area contributed by atoms with Crippen molar-refractivity contribution < 1.29 is 42.1 Å². The molecule has 0 amide bonds. The van der Waals surface area contributed by atoms with Crippen LogP contribution in [0.25, 0.3) is 0 Å². The highest BCUT2D eigenvalue weighted by atomic mass is 31.2. The van der Waals surface area contributed by atoms with Crippen LogP contribution in [0.15, 0.2) is 48.6 Å². The Morgan fingerprint density at radius 1 is 0.554 bits per heavy atom. The van der Waals surface area contributed by atoms with Crippen molar-refractivity contribution in [2.24, 2.45) is 0 Å². The number of carbonyl (C=O) groups is 2. The fourth-order valence-corrected chi connectivity index (χ4v) is 6.50. The molecule has 10 heteroatoms. The van der Waals surface area contributed by atoms with Crippen LogP contribution in [-0.2, 0) is 32.7 Å². The minimum absolute atomic E-state index is 0.0363. The van der Waals surface area contributed by atoms with Crippen molar-refractivity contribution >= 4 is 19.8 Å². The number of likely N-dealkylation sites (N-methyl/N-ethyl adjacent to an activating group) is 1. The second-order valence-corrected chi connectivity index (χ2v) is 17.5. The molecular weight excluding hydrogens is 725 g/mol. The smallest absolute Gasteiger partial charge is 0.306 e. The lowest BCUT2D eigenvalue weighted by Crippen LogP contribution is -2.37. The van der Waals surface area contributed by atoms with Crippen LogP contribution in [0.4, 0.5) is 0 Å². The van der Waals surface area contributed by atoms with Gasteiger partial charge in [0, 0.05) is 12.8 Å². The Morgan fingerprint density at radius 3 is 1.41 bits per heavy atom. The summed E-state index contributed by atoms with van der Waals surface area (Å²) in [5.41, 5.74) is 0. The quantitative estimate of drug-likeness (QED) is 0.0198. The molecule has 0 radical (unpaired) electrons.